The highest BCUT2D eigenvalue weighted by Crippen LogP contribution is 2.17. The van der Waals surface area contributed by atoms with E-state index in [0.717, 1.165) is 70.6 Å². The molecule has 0 spiro atoms. The average molecular weight is 998 g/mol. The van der Waals surface area contributed by atoms with Gasteiger partial charge in [-0.05, 0) is 77.0 Å². The zero-order valence-electron chi connectivity index (χ0n) is 47.8. The van der Waals surface area contributed by atoms with E-state index in [1.54, 1.807) is 0 Å². The van der Waals surface area contributed by atoms with Gasteiger partial charge in [0.15, 0.2) is 6.10 Å². The van der Waals surface area contributed by atoms with E-state index in [-0.39, 0.29) is 31.1 Å². The fourth-order valence-corrected chi connectivity index (χ4v) is 9.35. The highest BCUT2D eigenvalue weighted by atomic mass is 16.6. The first-order valence-corrected chi connectivity index (χ1v) is 31.5. The molecule has 0 bridgehead atoms. The van der Waals surface area contributed by atoms with Crippen LogP contribution in [-0.4, -0.2) is 37.2 Å². The number of carbonyl (C=O) groups is 3. The molecule has 0 aromatic carbocycles. The largest absolute Gasteiger partial charge is 0.462 e. The lowest BCUT2D eigenvalue weighted by atomic mass is 10.0. The lowest BCUT2D eigenvalue weighted by Crippen LogP contribution is -2.30. The minimum atomic E-state index is -0.776. The summed E-state index contributed by atoms with van der Waals surface area (Å²) in [4.78, 5) is 38.3. The maximum atomic E-state index is 12.9. The molecule has 0 aliphatic carbocycles. The Morgan fingerprint density at radius 1 is 0.282 bits per heavy atom. The normalized spacial score (nSPS) is 12.2. The molecule has 0 aliphatic rings. The van der Waals surface area contributed by atoms with Crippen molar-refractivity contribution in [1.29, 1.82) is 0 Å². The van der Waals surface area contributed by atoms with Gasteiger partial charge in [0, 0.05) is 19.3 Å². The summed E-state index contributed by atoms with van der Waals surface area (Å²) in [6.45, 7) is 6.65. The molecule has 0 saturated heterocycles. The molecule has 0 rings (SSSR count). The third-order valence-electron chi connectivity index (χ3n) is 14.1. The zero-order chi connectivity index (χ0) is 51.4. The van der Waals surface area contributed by atoms with Crippen molar-refractivity contribution in [1.82, 2.24) is 0 Å². The Bertz CT molecular complexity index is 1190. The van der Waals surface area contributed by atoms with Gasteiger partial charge in [-0.1, -0.05) is 282 Å². The Hall–Kier alpha value is -2.37. The second-order valence-corrected chi connectivity index (χ2v) is 21.3. The Labute approximate surface area is 442 Å². The smallest absolute Gasteiger partial charge is 0.306 e. The summed E-state index contributed by atoms with van der Waals surface area (Å²) in [7, 11) is 0. The van der Waals surface area contributed by atoms with E-state index in [1.807, 2.05) is 0 Å². The van der Waals surface area contributed by atoms with Crippen LogP contribution in [0.5, 0.6) is 0 Å². The van der Waals surface area contributed by atoms with Gasteiger partial charge in [-0.3, -0.25) is 14.4 Å². The minimum Gasteiger partial charge on any atom is -0.462 e. The Morgan fingerprint density at radius 2 is 0.507 bits per heavy atom. The molecule has 0 aliphatic heterocycles. The predicted molar refractivity (Wildman–Crippen MR) is 307 cm³/mol. The number of hydrogen-bond donors (Lipinski definition) is 0. The molecule has 1 atom stereocenters. The minimum absolute atomic E-state index is 0.0723. The number of allylic oxidation sites excluding steroid dienone is 6. The Balaban J connectivity index is 4.31. The van der Waals surface area contributed by atoms with Crippen LogP contribution in [0.1, 0.15) is 342 Å². The third-order valence-corrected chi connectivity index (χ3v) is 14.1. The molecule has 0 aromatic heterocycles. The van der Waals surface area contributed by atoms with Crippen LogP contribution in [0.2, 0.25) is 0 Å². The maximum Gasteiger partial charge on any atom is 0.306 e. The van der Waals surface area contributed by atoms with Crippen molar-refractivity contribution in [3.63, 3.8) is 0 Å². The van der Waals surface area contributed by atoms with E-state index >= 15 is 0 Å². The molecule has 0 aromatic rings. The maximum absolute atomic E-state index is 12.9. The second kappa shape index (κ2) is 60.2. The van der Waals surface area contributed by atoms with Gasteiger partial charge in [0.2, 0.25) is 0 Å². The molecule has 0 heterocycles. The molecule has 0 saturated carbocycles. The number of unbranched alkanes of at least 4 members (excludes halogenated alkanes) is 41. The Kier molecular flexibility index (Phi) is 58.2. The first kappa shape index (κ1) is 68.6. The summed E-state index contributed by atoms with van der Waals surface area (Å²) in [6, 6.07) is 0. The molecule has 6 nitrogen and oxygen atoms in total. The standard InChI is InChI=1S/C65H120O6/c1-4-7-10-13-16-19-22-25-28-30-31-32-33-35-38-40-43-46-49-52-55-58-64(67)70-61-62(71-65(68)59-56-53-50-47-44-41-36-27-24-21-18-15-12-9-6-3)60-69-63(66)57-54-51-48-45-42-39-37-34-29-26-23-20-17-14-11-8-5-2/h17,20-21,24,26,29,62H,4-16,18-19,22-23,25,27-28,30-61H2,1-3H3/b20-17-,24-21-,29-26-/t62-/m1/s1. The quantitative estimate of drug-likeness (QED) is 0.0261. The van der Waals surface area contributed by atoms with Crippen LogP contribution in [0.4, 0.5) is 0 Å². The average Bonchev–Trinajstić information content (AvgIpc) is 3.37. The Morgan fingerprint density at radius 3 is 0.831 bits per heavy atom. The van der Waals surface area contributed by atoms with Crippen molar-refractivity contribution in [2.75, 3.05) is 13.2 Å². The monoisotopic (exact) mass is 997 g/mol. The molecule has 0 unspecified atom stereocenters. The van der Waals surface area contributed by atoms with E-state index < -0.39 is 6.10 Å². The van der Waals surface area contributed by atoms with Crippen LogP contribution < -0.4 is 0 Å². The first-order valence-electron chi connectivity index (χ1n) is 31.5. The summed E-state index contributed by atoms with van der Waals surface area (Å²) < 4.78 is 16.9. The number of ether oxygens (including phenoxy) is 3. The van der Waals surface area contributed by atoms with Crippen LogP contribution >= 0.6 is 0 Å². The predicted octanol–water partition coefficient (Wildman–Crippen LogP) is 21.2. The van der Waals surface area contributed by atoms with Gasteiger partial charge < -0.3 is 14.2 Å². The number of carbonyl (C=O) groups excluding carboxylic acids is 3. The van der Waals surface area contributed by atoms with E-state index in [4.69, 9.17) is 14.2 Å². The molecule has 416 valence electrons. The van der Waals surface area contributed by atoms with Gasteiger partial charge in [-0.2, -0.15) is 0 Å². The van der Waals surface area contributed by atoms with Crippen LogP contribution in [0.3, 0.4) is 0 Å². The summed E-state index contributed by atoms with van der Waals surface area (Å²) in [6.07, 6.45) is 72.8. The van der Waals surface area contributed by atoms with Gasteiger partial charge in [-0.15, -0.1) is 0 Å². The molecule has 71 heavy (non-hydrogen) atoms. The summed E-state index contributed by atoms with van der Waals surface area (Å²) in [5.41, 5.74) is 0. The van der Waals surface area contributed by atoms with Crippen LogP contribution in [-0.2, 0) is 28.6 Å². The van der Waals surface area contributed by atoms with E-state index in [0.29, 0.717) is 19.3 Å². The van der Waals surface area contributed by atoms with Gasteiger partial charge >= 0.3 is 17.9 Å². The van der Waals surface area contributed by atoms with E-state index in [1.165, 1.54) is 231 Å². The zero-order valence-corrected chi connectivity index (χ0v) is 47.8. The molecular formula is C65H120O6. The first-order chi connectivity index (χ1) is 35.0. The van der Waals surface area contributed by atoms with E-state index in [2.05, 4.69) is 57.2 Å². The molecule has 0 N–H and O–H groups in total. The van der Waals surface area contributed by atoms with Gasteiger partial charge in [0.25, 0.3) is 0 Å². The summed E-state index contributed by atoms with van der Waals surface area (Å²) >= 11 is 0. The SMILES string of the molecule is CCCCC/C=C\C/C=C\CCCCCCCCCC(=O)OC[C@H](COC(=O)CCCCCCCCCCCCCCCCCCCCCCC)OC(=O)CCCCCCCCC/C=C\CCCCCC. The third kappa shape index (κ3) is 58.4. The summed E-state index contributed by atoms with van der Waals surface area (Å²) in [5, 5.41) is 0. The molecule has 0 amide bonds. The van der Waals surface area contributed by atoms with Gasteiger partial charge in [-0.25, -0.2) is 0 Å². The highest BCUT2D eigenvalue weighted by molar-refractivity contribution is 5.71. The van der Waals surface area contributed by atoms with Gasteiger partial charge in [0.1, 0.15) is 13.2 Å². The van der Waals surface area contributed by atoms with Crippen molar-refractivity contribution in [3.05, 3.63) is 36.5 Å². The summed E-state index contributed by atoms with van der Waals surface area (Å²) in [5.74, 6) is -0.863. The molecular weight excluding hydrogens is 877 g/mol. The number of hydrogen-bond acceptors (Lipinski definition) is 6. The second-order valence-electron chi connectivity index (χ2n) is 21.3. The van der Waals surface area contributed by atoms with Crippen LogP contribution in [0.25, 0.3) is 0 Å². The van der Waals surface area contributed by atoms with Crippen molar-refractivity contribution >= 4 is 17.9 Å². The van der Waals surface area contributed by atoms with Gasteiger partial charge in [0.05, 0.1) is 0 Å². The number of esters is 3. The molecule has 0 fully saturated rings. The van der Waals surface area contributed by atoms with Crippen LogP contribution in [0, 0.1) is 0 Å². The lowest BCUT2D eigenvalue weighted by Gasteiger charge is -2.18. The fourth-order valence-electron chi connectivity index (χ4n) is 9.35. The molecule has 0 radical (unpaired) electrons. The van der Waals surface area contributed by atoms with Crippen LogP contribution in [0.15, 0.2) is 36.5 Å². The lowest BCUT2D eigenvalue weighted by molar-refractivity contribution is -0.167. The van der Waals surface area contributed by atoms with Crippen molar-refractivity contribution < 1.29 is 28.6 Å². The van der Waals surface area contributed by atoms with Crippen molar-refractivity contribution in [2.45, 2.75) is 348 Å². The van der Waals surface area contributed by atoms with Crippen molar-refractivity contribution in [2.24, 2.45) is 0 Å². The number of rotatable bonds is 58. The topological polar surface area (TPSA) is 78.9 Å². The van der Waals surface area contributed by atoms with E-state index in [9.17, 15) is 14.4 Å². The molecule has 6 heteroatoms. The highest BCUT2D eigenvalue weighted by Gasteiger charge is 2.19. The fraction of sp³-hybridized carbons (Fsp3) is 0.862. The van der Waals surface area contributed by atoms with Crippen molar-refractivity contribution in [3.8, 4) is 0 Å².